The van der Waals surface area contributed by atoms with E-state index in [2.05, 4.69) is 30.4 Å². The quantitative estimate of drug-likeness (QED) is 0.591. The van der Waals surface area contributed by atoms with Crippen molar-refractivity contribution < 1.29 is 9.47 Å². The Morgan fingerprint density at radius 1 is 1.05 bits per heavy atom. The molecule has 0 radical (unpaired) electrons. The Morgan fingerprint density at radius 2 is 1.90 bits per heavy atom. The minimum Gasteiger partial charge on any atom is -0.494 e. The van der Waals surface area contributed by atoms with Crippen molar-refractivity contribution in [3.63, 3.8) is 0 Å². The summed E-state index contributed by atoms with van der Waals surface area (Å²) in [4.78, 5) is 0. The van der Waals surface area contributed by atoms with E-state index in [1.807, 2.05) is 6.07 Å². The summed E-state index contributed by atoms with van der Waals surface area (Å²) < 4.78 is 10.8. The molecule has 0 unspecified atom stereocenters. The maximum absolute atomic E-state index is 5.80. The van der Waals surface area contributed by atoms with Gasteiger partial charge in [-0.05, 0) is 24.1 Å². The molecule has 0 aliphatic carbocycles. The van der Waals surface area contributed by atoms with Gasteiger partial charge in [-0.3, -0.25) is 0 Å². The molecule has 1 aromatic rings. The van der Waals surface area contributed by atoms with Crippen LogP contribution in [-0.4, -0.2) is 26.9 Å². The molecular formula is C17H29NO2. The lowest BCUT2D eigenvalue weighted by Crippen LogP contribution is -2.18. The number of hydrogen-bond donors (Lipinski definition) is 1. The Morgan fingerprint density at radius 3 is 2.70 bits per heavy atom. The molecular weight excluding hydrogens is 250 g/mol. The molecule has 0 amide bonds. The van der Waals surface area contributed by atoms with Crippen LogP contribution in [0, 0.1) is 0 Å². The zero-order chi connectivity index (χ0) is 14.5. The number of rotatable bonds is 12. The standard InChI is InChI=1S/C17H29NO2/c1-3-4-5-6-7-12-20-17-10-8-9-16(14-17)15-18-11-13-19-2/h8-10,14,18H,3-7,11-13,15H2,1-2H3. The van der Waals surface area contributed by atoms with E-state index in [1.165, 1.54) is 31.2 Å². The minimum atomic E-state index is 0.744. The predicted molar refractivity (Wildman–Crippen MR) is 84.3 cm³/mol. The van der Waals surface area contributed by atoms with Gasteiger partial charge in [0.2, 0.25) is 0 Å². The molecule has 0 aromatic heterocycles. The van der Waals surface area contributed by atoms with Crippen molar-refractivity contribution in [1.29, 1.82) is 0 Å². The molecule has 0 fully saturated rings. The fourth-order valence-corrected chi connectivity index (χ4v) is 2.05. The molecule has 3 nitrogen and oxygen atoms in total. The van der Waals surface area contributed by atoms with E-state index in [4.69, 9.17) is 9.47 Å². The molecule has 114 valence electrons. The number of unbranched alkanes of at least 4 members (excludes halogenated alkanes) is 4. The molecule has 0 aliphatic heterocycles. The van der Waals surface area contributed by atoms with Gasteiger partial charge in [-0.15, -0.1) is 0 Å². The lowest BCUT2D eigenvalue weighted by molar-refractivity contribution is 0.199. The zero-order valence-corrected chi connectivity index (χ0v) is 13.0. The van der Waals surface area contributed by atoms with Crippen molar-refractivity contribution in [2.45, 2.75) is 45.6 Å². The van der Waals surface area contributed by atoms with Gasteiger partial charge < -0.3 is 14.8 Å². The van der Waals surface area contributed by atoms with Crippen LogP contribution in [0.3, 0.4) is 0 Å². The monoisotopic (exact) mass is 279 g/mol. The first-order valence-electron chi connectivity index (χ1n) is 7.78. The SMILES string of the molecule is CCCCCCCOc1cccc(CNCCOC)c1. The lowest BCUT2D eigenvalue weighted by atomic mass is 10.2. The van der Waals surface area contributed by atoms with E-state index in [0.717, 1.165) is 38.5 Å². The molecule has 0 aliphatic rings. The average Bonchev–Trinajstić information content (AvgIpc) is 2.48. The third kappa shape index (κ3) is 8.18. The van der Waals surface area contributed by atoms with Gasteiger partial charge in [-0.1, -0.05) is 44.7 Å². The molecule has 0 saturated heterocycles. The van der Waals surface area contributed by atoms with Crippen LogP contribution >= 0.6 is 0 Å². The molecule has 1 aromatic carbocycles. The third-order valence-corrected chi connectivity index (χ3v) is 3.23. The summed E-state index contributed by atoms with van der Waals surface area (Å²) in [7, 11) is 1.72. The van der Waals surface area contributed by atoms with Gasteiger partial charge in [-0.25, -0.2) is 0 Å². The van der Waals surface area contributed by atoms with Gasteiger partial charge >= 0.3 is 0 Å². The highest BCUT2D eigenvalue weighted by molar-refractivity contribution is 5.28. The number of nitrogens with one attached hydrogen (secondary N) is 1. The van der Waals surface area contributed by atoms with E-state index in [9.17, 15) is 0 Å². The molecule has 0 spiro atoms. The first-order valence-corrected chi connectivity index (χ1v) is 7.78. The Bertz CT molecular complexity index is 342. The summed E-state index contributed by atoms with van der Waals surface area (Å²) in [6.45, 7) is 5.54. The highest BCUT2D eigenvalue weighted by Crippen LogP contribution is 2.14. The summed E-state index contributed by atoms with van der Waals surface area (Å²) in [5, 5.41) is 3.34. The molecule has 20 heavy (non-hydrogen) atoms. The molecule has 1 rings (SSSR count). The second kappa shape index (κ2) is 11.7. The van der Waals surface area contributed by atoms with Crippen molar-refractivity contribution in [2.24, 2.45) is 0 Å². The Labute approximate surface area is 123 Å². The van der Waals surface area contributed by atoms with Crippen molar-refractivity contribution >= 4 is 0 Å². The van der Waals surface area contributed by atoms with E-state index < -0.39 is 0 Å². The van der Waals surface area contributed by atoms with Crippen LogP contribution in [0.2, 0.25) is 0 Å². The summed E-state index contributed by atoms with van der Waals surface area (Å²) in [6.07, 6.45) is 6.37. The first-order chi connectivity index (χ1) is 9.86. The second-order valence-corrected chi connectivity index (χ2v) is 5.08. The van der Waals surface area contributed by atoms with Gasteiger partial charge in [0.05, 0.1) is 13.2 Å². The fraction of sp³-hybridized carbons (Fsp3) is 0.647. The third-order valence-electron chi connectivity index (χ3n) is 3.23. The topological polar surface area (TPSA) is 30.5 Å². The molecule has 3 heteroatoms. The zero-order valence-electron chi connectivity index (χ0n) is 13.0. The Balaban J connectivity index is 2.18. The van der Waals surface area contributed by atoms with E-state index in [1.54, 1.807) is 7.11 Å². The summed E-state index contributed by atoms with van der Waals surface area (Å²) in [6, 6.07) is 8.32. The lowest BCUT2D eigenvalue weighted by Gasteiger charge is -2.09. The first kappa shape index (κ1) is 17.0. The van der Waals surface area contributed by atoms with Gasteiger partial charge in [0.15, 0.2) is 0 Å². The van der Waals surface area contributed by atoms with Gasteiger partial charge in [0.1, 0.15) is 5.75 Å². The molecule has 0 atom stereocenters. The maximum atomic E-state index is 5.80. The normalized spacial score (nSPS) is 10.7. The van der Waals surface area contributed by atoms with Crippen LogP contribution < -0.4 is 10.1 Å². The van der Waals surface area contributed by atoms with Crippen LogP contribution in [-0.2, 0) is 11.3 Å². The minimum absolute atomic E-state index is 0.744. The van der Waals surface area contributed by atoms with E-state index in [0.29, 0.717) is 0 Å². The van der Waals surface area contributed by atoms with E-state index >= 15 is 0 Å². The number of ether oxygens (including phenoxy) is 2. The predicted octanol–water partition coefficient (Wildman–Crippen LogP) is 3.77. The van der Waals surface area contributed by atoms with Crippen molar-refractivity contribution in [2.75, 3.05) is 26.9 Å². The summed E-state index contributed by atoms with van der Waals surface area (Å²) >= 11 is 0. The smallest absolute Gasteiger partial charge is 0.119 e. The average molecular weight is 279 g/mol. The largest absolute Gasteiger partial charge is 0.494 e. The Hall–Kier alpha value is -1.06. The van der Waals surface area contributed by atoms with Gasteiger partial charge in [0, 0.05) is 20.2 Å². The molecule has 0 bridgehead atoms. The fourth-order valence-electron chi connectivity index (χ4n) is 2.05. The highest BCUT2D eigenvalue weighted by atomic mass is 16.5. The van der Waals surface area contributed by atoms with Crippen molar-refractivity contribution in [1.82, 2.24) is 5.32 Å². The summed E-state index contributed by atoms with van der Waals surface area (Å²) in [5.74, 6) is 0.978. The van der Waals surface area contributed by atoms with Gasteiger partial charge in [0.25, 0.3) is 0 Å². The van der Waals surface area contributed by atoms with Crippen molar-refractivity contribution in [3.05, 3.63) is 29.8 Å². The highest BCUT2D eigenvalue weighted by Gasteiger charge is 1.97. The maximum Gasteiger partial charge on any atom is 0.119 e. The Kier molecular flexibility index (Phi) is 9.98. The van der Waals surface area contributed by atoms with Crippen LogP contribution in [0.5, 0.6) is 5.75 Å². The molecule has 0 saturated carbocycles. The second-order valence-electron chi connectivity index (χ2n) is 5.08. The van der Waals surface area contributed by atoms with Crippen LogP contribution in [0.4, 0.5) is 0 Å². The molecule has 0 heterocycles. The van der Waals surface area contributed by atoms with Crippen molar-refractivity contribution in [3.8, 4) is 5.75 Å². The van der Waals surface area contributed by atoms with Crippen LogP contribution in [0.15, 0.2) is 24.3 Å². The summed E-state index contributed by atoms with van der Waals surface area (Å²) in [5.41, 5.74) is 1.25. The van der Waals surface area contributed by atoms with Crippen LogP contribution in [0.1, 0.15) is 44.6 Å². The number of hydrogen-bond acceptors (Lipinski definition) is 3. The van der Waals surface area contributed by atoms with Crippen LogP contribution in [0.25, 0.3) is 0 Å². The molecule has 1 N–H and O–H groups in total. The number of methoxy groups -OCH3 is 1. The van der Waals surface area contributed by atoms with E-state index in [-0.39, 0.29) is 0 Å². The number of benzene rings is 1. The van der Waals surface area contributed by atoms with Gasteiger partial charge in [-0.2, -0.15) is 0 Å².